The number of ether oxygens (including phenoxy) is 1. The summed E-state index contributed by atoms with van der Waals surface area (Å²) in [6.07, 6.45) is 6.48. The van der Waals surface area contributed by atoms with Crippen LogP contribution < -0.4 is 10.3 Å². The number of aromatic nitrogens is 2. The van der Waals surface area contributed by atoms with Crippen LogP contribution in [-0.4, -0.2) is 20.8 Å². The molecule has 11 heteroatoms. The van der Waals surface area contributed by atoms with E-state index in [1.54, 1.807) is 30.3 Å². The maximum absolute atomic E-state index is 13.4. The topological polar surface area (TPSA) is 99.6 Å². The van der Waals surface area contributed by atoms with Gasteiger partial charge in [0.25, 0.3) is 5.56 Å². The summed E-state index contributed by atoms with van der Waals surface area (Å²) in [6.45, 7) is -0.0487. The molecule has 39 heavy (non-hydrogen) atoms. The second-order valence-electron chi connectivity index (χ2n) is 9.32. The van der Waals surface area contributed by atoms with Gasteiger partial charge in [-0.25, -0.2) is 4.98 Å². The number of halogens is 3. The summed E-state index contributed by atoms with van der Waals surface area (Å²) in [7, 11) is 0. The van der Waals surface area contributed by atoms with Gasteiger partial charge in [-0.2, -0.15) is 9.78 Å². The molecular formula is C28H23Cl3N4O4. The lowest BCUT2D eigenvalue weighted by Gasteiger charge is -2.22. The number of rotatable bonds is 7. The lowest BCUT2D eigenvalue weighted by Crippen LogP contribution is -2.25. The minimum atomic E-state index is -0.584. The number of nitrogens with zero attached hydrogens (tertiary/aromatic N) is 4. The third-order valence-electron chi connectivity index (χ3n) is 6.70. The van der Waals surface area contributed by atoms with Gasteiger partial charge in [0.1, 0.15) is 12.4 Å². The van der Waals surface area contributed by atoms with Crippen molar-refractivity contribution < 1.29 is 9.66 Å². The molecular weight excluding hydrogens is 563 g/mol. The van der Waals surface area contributed by atoms with Crippen LogP contribution in [0.15, 0.2) is 64.5 Å². The Morgan fingerprint density at radius 2 is 1.82 bits per heavy atom. The molecule has 0 bridgehead atoms. The van der Waals surface area contributed by atoms with Crippen molar-refractivity contribution in [3.8, 4) is 5.75 Å². The Kier molecular flexibility index (Phi) is 8.16. The predicted molar refractivity (Wildman–Crippen MR) is 154 cm³/mol. The summed E-state index contributed by atoms with van der Waals surface area (Å²) in [4.78, 5) is 29.5. The van der Waals surface area contributed by atoms with Gasteiger partial charge in [0, 0.05) is 33.2 Å². The molecule has 3 aromatic carbocycles. The molecule has 4 aromatic rings. The van der Waals surface area contributed by atoms with Crippen LogP contribution >= 0.6 is 34.8 Å². The van der Waals surface area contributed by atoms with Crippen molar-refractivity contribution >= 4 is 57.6 Å². The van der Waals surface area contributed by atoms with Crippen molar-refractivity contribution in [1.29, 1.82) is 0 Å². The molecule has 1 fully saturated rings. The van der Waals surface area contributed by atoms with Crippen LogP contribution in [0.2, 0.25) is 15.1 Å². The van der Waals surface area contributed by atoms with Gasteiger partial charge in [-0.3, -0.25) is 14.9 Å². The first-order valence-electron chi connectivity index (χ1n) is 12.4. The van der Waals surface area contributed by atoms with E-state index in [1.165, 1.54) is 23.0 Å². The van der Waals surface area contributed by atoms with Gasteiger partial charge in [-0.15, -0.1) is 0 Å². The van der Waals surface area contributed by atoms with E-state index in [0.717, 1.165) is 32.1 Å². The van der Waals surface area contributed by atoms with E-state index in [2.05, 4.69) is 5.10 Å². The lowest BCUT2D eigenvalue weighted by atomic mass is 9.88. The molecule has 1 aliphatic rings. The van der Waals surface area contributed by atoms with Crippen molar-refractivity contribution in [3.63, 3.8) is 0 Å². The Morgan fingerprint density at radius 3 is 2.56 bits per heavy atom. The molecule has 1 aromatic heterocycles. The third kappa shape index (κ3) is 5.93. The van der Waals surface area contributed by atoms with Gasteiger partial charge in [0.15, 0.2) is 0 Å². The Bertz CT molecular complexity index is 1650. The monoisotopic (exact) mass is 584 g/mol. The predicted octanol–water partition coefficient (Wildman–Crippen LogP) is 7.77. The molecule has 1 heterocycles. The molecule has 0 N–H and O–H groups in total. The number of nitro benzene ring substituents is 1. The highest BCUT2D eigenvalue weighted by Crippen LogP contribution is 2.37. The van der Waals surface area contributed by atoms with Crippen LogP contribution in [0.25, 0.3) is 10.9 Å². The zero-order chi connectivity index (χ0) is 27.5. The van der Waals surface area contributed by atoms with E-state index in [4.69, 9.17) is 44.5 Å². The van der Waals surface area contributed by atoms with Gasteiger partial charge in [-0.1, -0.05) is 72.3 Å². The maximum atomic E-state index is 13.4. The third-order valence-corrected chi connectivity index (χ3v) is 7.57. The fourth-order valence-electron chi connectivity index (χ4n) is 4.74. The van der Waals surface area contributed by atoms with Gasteiger partial charge in [0.2, 0.25) is 5.75 Å². The number of benzene rings is 3. The van der Waals surface area contributed by atoms with Crippen LogP contribution in [0.5, 0.6) is 5.75 Å². The van der Waals surface area contributed by atoms with E-state index in [9.17, 15) is 14.9 Å². The largest absolute Gasteiger partial charge is 0.481 e. The van der Waals surface area contributed by atoms with Crippen LogP contribution in [0.1, 0.15) is 55.0 Å². The first-order chi connectivity index (χ1) is 18.8. The van der Waals surface area contributed by atoms with Crippen molar-refractivity contribution in [2.24, 2.45) is 5.10 Å². The second-order valence-corrected chi connectivity index (χ2v) is 10.6. The average Bonchev–Trinajstić information content (AvgIpc) is 2.93. The first-order valence-corrected chi connectivity index (χ1v) is 13.6. The minimum absolute atomic E-state index is 0.0206. The fraction of sp³-hybridized carbons (Fsp3) is 0.250. The Morgan fingerprint density at radius 1 is 1.05 bits per heavy atom. The van der Waals surface area contributed by atoms with Gasteiger partial charge in [-0.05, 0) is 43.2 Å². The van der Waals surface area contributed by atoms with Crippen LogP contribution in [0.3, 0.4) is 0 Å². The highest BCUT2D eigenvalue weighted by Gasteiger charge is 2.23. The van der Waals surface area contributed by atoms with Gasteiger partial charge < -0.3 is 4.74 Å². The summed E-state index contributed by atoms with van der Waals surface area (Å²) in [6, 6.07) is 14.8. The molecule has 200 valence electrons. The van der Waals surface area contributed by atoms with E-state index < -0.39 is 4.92 Å². The summed E-state index contributed by atoms with van der Waals surface area (Å²) < 4.78 is 7.02. The maximum Gasteiger partial charge on any atom is 0.313 e. The van der Waals surface area contributed by atoms with Gasteiger partial charge in [0.05, 0.1) is 27.1 Å². The lowest BCUT2D eigenvalue weighted by molar-refractivity contribution is -0.385. The fourth-order valence-corrected chi connectivity index (χ4v) is 5.48. The first kappa shape index (κ1) is 27.1. The average molecular weight is 586 g/mol. The van der Waals surface area contributed by atoms with Crippen molar-refractivity contribution in [2.75, 3.05) is 0 Å². The SMILES string of the molecule is O=c1c2ccccc2nc(C2CCCCC2)n1N=Cc1cc(Cl)c(OCc2ccc(Cl)cc2Cl)c([N+](=O)[O-])c1. The van der Waals surface area contributed by atoms with Crippen molar-refractivity contribution in [2.45, 2.75) is 44.6 Å². The number of hydrogen-bond donors (Lipinski definition) is 0. The smallest absolute Gasteiger partial charge is 0.313 e. The Labute approximate surface area is 238 Å². The number of hydrogen-bond acceptors (Lipinski definition) is 6. The molecule has 0 radical (unpaired) electrons. The van der Waals surface area contributed by atoms with Crippen LogP contribution in [0, 0.1) is 10.1 Å². The normalized spacial score (nSPS) is 14.2. The molecule has 1 saturated carbocycles. The zero-order valence-corrected chi connectivity index (χ0v) is 22.9. The molecule has 0 amide bonds. The van der Waals surface area contributed by atoms with E-state index >= 15 is 0 Å². The molecule has 0 saturated heterocycles. The quantitative estimate of drug-likeness (QED) is 0.125. The summed E-state index contributed by atoms with van der Waals surface area (Å²) in [5, 5.41) is 17.6. The van der Waals surface area contributed by atoms with Crippen molar-refractivity contribution in [3.05, 3.63) is 107 Å². The molecule has 0 aliphatic heterocycles. The molecule has 5 rings (SSSR count). The van der Waals surface area contributed by atoms with Crippen LogP contribution in [0.4, 0.5) is 5.69 Å². The summed E-state index contributed by atoms with van der Waals surface area (Å²) in [5.41, 5.74) is 0.910. The highest BCUT2D eigenvalue weighted by atomic mass is 35.5. The molecule has 0 atom stereocenters. The second kappa shape index (κ2) is 11.7. The zero-order valence-electron chi connectivity index (χ0n) is 20.6. The minimum Gasteiger partial charge on any atom is -0.481 e. The molecule has 8 nitrogen and oxygen atoms in total. The molecule has 0 unspecified atom stereocenters. The standard InChI is InChI=1S/C28H23Cl3N4O4/c29-20-11-10-19(22(30)14-20)16-39-26-23(31)12-17(13-25(26)35(37)38)15-32-34-27(18-6-2-1-3-7-18)33-24-9-5-4-8-21(24)28(34)36/h4-5,8-15,18H,1-3,6-7,16H2. The van der Waals surface area contributed by atoms with E-state index in [1.807, 2.05) is 12.1 Å². The molecule has 1 aliphatic carbocycles. The molecule has 0 spiro atoms. The van der Waals surface area contributed by atoms with Crippen LogP contribution in [-0.2, 0) is 6.61 Å². The number of fused-ring (bicyclic) bond motifs is 1. The number of para-hydroxylation sites is 1. The number of nitro groups is 1. The summed E-state index contributed by atoms with van der Waals surface area (Å²) >= 11 is 18.6. The summed E-state index contributed by atoms with van der Waals surface area (Å²) in [5.74, 6) is 0.592. The Hall–Kier alpha value is -3.46. The Balaban J connectivity index is 1.50. The van der Waals surface area contributed by atoms with Gasteiger partial charge >= 0.3 is 5.69 Å². The van der Waals surface area contributed by atoms with E-state index in [0.29, 0.717) is 37.9 Å². The highest BCUT2D eigenvalue weighted by molar-refractivity contribution is 6.35. The van der Waals surface area contributed by atoms with Crippen molar-refractivity contribution in [1.82, 2.24) is 9.66 Å². The van der Waals surface area contributed by atoms with E-state index in [-0.39, 0.29) is 34.5 Å².